The molecule has 0 aromatic heterocycles. The zero-order valence-corrected chi connectivity index (χ0v) is 22.0. The fourth-order valence-electron chi connectivity index (χ4n) is 3.76. The van der Waals surface area contributed by atoms with Crippen molar-refractivity contribution in [2.24, 2.45) is 11.7 Å². The maximum atomic E-state index is 13.2. The number of amides is 2. The normalized spacial score (nSPS) is 17.0. The molecule has 0 saturated carbocycles. The summed E-state index contributed by atoms with van der Waals surface area (Å²) in [5.41, 5.74) is 3.92. The van der Waals surface area contributed by atoms with Gasteiger partial charge in [0.1, 0.15) is 11.4 Å². The molecule has 0 bridgehead atoms. The summed E-state index contributed by atoms with van der Waals surface area (Å²) < 4.78 is 21.7. The number of esters is 1. The van der Waals surface area contributed by atoms with E-state index in [2.05, 4.69) is 0 Å². The number of likely N-dealkylation sites (tertiary alicyclic amines) is 1. The highest BCUT2D eigenvalue weighted by molar-refractivity contribution is 6.02. The van der Waals surface area contributed by atoms with E-state index in [0.29, 0.717) is 37.2 Å². The molecule has 0 aliphatic carbocycles. The lowest BCUT2D eigenvalue weighted by atomic mass is 9.83. The second-order valence-electron chi connectivity index (χ2n) is 9.96. The number of carbonyl (C=O) groups is 4. The van der Waals surface area contributed by atoms with Gasteiger partial charge in [-0.15, -0.1) is 0 Å². The molecule has 2 atom stereocenters. The van der Waals surface area contributed by atoms with Gasteiger partial charge in [0, 0.05) is 18.7 Å². The topological polar surface area (TPSA) is 134 Å². The highest BCUT2D eigenvalue weighted by Crippen LogP contribution is 2.30. The van der Waals surface area contributed by atoms with Crippen molar-refractivity contribution in [3.05, 3.63) is 29.8 Å². The minimum Gasteiger partial charge on any atom is -0.482 e. The number of piperidine rings is 1. The van der Waals surface area contributed by atoms with Gasteiger partial charge >= 0.3 is 12.1 Å². The number of primary amides is 1. The minimum atomic E-state index is -1.55. The summed E-state index contributed by atoms with van der Waals surface area (Å²) in [7, 11) is 0. The van der Waals surface area contributed by atoms with E-state index < -0.39 is 35.1 Å². The van der Waals surface area contributed by atoms with Crippen LogP contribution < -0.4 is 10.5 Å². The number of hydrogen-bond acceptors (Lipinski definition) is 8. The summed E-state index contributed by atoms with van der Waals surface area (Å²) in [5, 5.41) is 0. The monoisotopic (exact) mass is 506 g/mol. The van der Waals surface area contributed by atoms with Crippen molar-refractivity contribution in [1.29, 1.82) is 0 Å². The van der Waals surface area contributed by atoms with E-state index in [1.54, 1.807) is 43.0 Å². The highest BCUT2D eigenvalue weighted by Gasteiger charge is 2.45. The highest BCUT2D eigenvalue weighted by atomic mass is 16.6. The number of nitrogens with zero attached hydrogens (tertiary/aromatic N) is 1. The first-order chi connectivity index (χ1) is 16.8. The number of carbonyl (C=O) groups excluding carboxylic acids is 4. The van der Waals surface area contributed by atoms with Gasteiger partial charge in [0.25, 0.3) is 0 Å². The van der Waals surface area contributed by atoms with Crippen molar-refractivity contribution in [3.8, 4) is 5.75 Å². The minimum absolute atomic E-state index is 0.238. The van der Waals surface area contributed by atoms with Crippen LogP contribution in [0.15, 0.2) is 24.3 Å². The van der Waals surface area contributed by atoms with Crippen molar-refractivity contribution < 1.29 is 38.1 Å². The average Bonchev–Trinajstić information content (AvgIpc) is 2.81. The first-order valence-electron chi connectivity index (χ1n) is 12.1. The summed E-state index contributed by atoms with van der Waals surface area (Å²) in [5.74, 6) is -2.02. The lowest BCUT2D eigenvalue weighted by Crippen LogP contribution is -2.54. The Bertz CT molecular complexity index is 932. The molecule has 2 amide bonds. The van der Waals surface area contributed by atoms with Crippen molar-refractivity contribution in [2.75, 3.05) is 26.3 Å². The maximum Gasteiger partial charge on any atom is 0.410 e. The van der Waals surface area contributed by atoms with E-state index in [9.17, 15) is 19.2 Å². The van der Waals surface area contributed by atoms with E-state index in [4.69, 9.17) is 24.7 Å². The second kappa shape index (κ2) is 12.2. The summed E-state index contributed by atoms with van der Waals surface area (Å²) in [6.45, 7) is 11.1. The number of hydrogen-bond donors (Lipinski definition) is 1. The lowest BCUT2D eigenvalue weighted by molar-refractivity contribution is -0.159. The molecule has 1 aromatic rings. The molecule has 36 heavy (non-hydrogen) atoms. The van der Waals surface area contributed by atoms with Gasteiger partial charge < -0.3 is 29.6 Å². The van der Waals surface area contributed by atoms with Gasteiger partial charge in [0.05, 0.1) is 18.6 Å². The molecule has 1 aliphatic heterocycles. The fraction of sp³-hybridized carbons (Fsp3) is 0.615. The predicted octanol–water partition coefficient (Wildman–Crippen LogP) is 3.11. The smallest absolute Gasteiger partial charge is 0.410 e. The molecule has 2 rings (SSSR count). The molecule has 0 spiro atoms. The summed E-state index contributed by atoms with van der Waals surface area (Å²) in [6.07, 6.45) is 0.220. The molecule has 2 unspecified atom stereocenters. The van der Waals surface area contributed by atoms with Crippen LogP contribution >= 0.6 is 0 Å². The quantitative estimate of drug-likeness (QED) is 0.378. The van der Waals surface area contributed by atoms with Gasteiger partial charge in [-0.3, -0.25) is 9.59 Å². The Kier molecular flexibility index (Phi) is 9.86. The summed E-state index contributed by atoms with van der Waals surface area (Å²) >= 11 is 0. The third kappa shape index (κ3) is 7.94. The van der Waals surface area contributed by atoms with Crippen LogP contribution in [-0.4, -0.2) is 72.3 Å². The van der Waals surface area contributed by atoms with Crippen LogP contribution in [0.2, 0.25) is 0 Å². The van der Waals surface area contributed by atoms with Gasteiger partial charge in [0.2, 0.25) is 5.91 Å². The van der Waals surface area contributed by atoms with E-state index >= 15 is 0 Å². The number of ketones is 1. The fourth-order valence-corrected chi connectivity index (χ4v) is 3.76. The van der Waals surface area contributed by atoms with Gasteiger partial charge in [0.15, 0.2) is 18.0 Å². The molecule has 1 aliphatic rings. The summed E-state index contributed by atoms with van der Waals surface area (Å²) in [4.78, 5) is 51.0. The van der Waals surface area contributed by atoms with Crippen LogP contribution in [-0.2, 0) is 23.8 Å². The Morgan fingerprint density at radius 1 is 1.06 bits per heavy atom. The predicted molar refractivity (Wildman–Crippen MR) is 132 cm³/mol. The number of Topliss-reactive ketones (excluding diaryl/α,β-unsaturated/α-hetero) is 1. The average molecular weight is 507 g/mol. The van der Waals surface area contributed by atoms with Gasteiger partial charge in [-0.2, -0.15) is 0 Å². The molecule has 1 saturated heterocycles. The van der Waals surface area contributed by atoms with E-state index in [0.717, 1.165) is 0 Å². The second-order valence-corrected chi connectivity index (χ2v) is 9.96. The van der Waals surface area contributed by atoms with Crippen molar-refractivity contribution in [2.45, 2.75) is 71.7 Å². The van der Waals surface area contributed by atoms with Crippen LogP contribution in [0.4, 0.5) is 4.79 Å². The number of nitrogens with two attached hydrogens (primary N) is 1. The Labute approximate surface area is 212 Å². The van der Waals surface area contributed by atoms with Crippen LogP contribution in [0.5, 0.6) is 5.75 Å². The van der Waals surface area contributed by atoms with Crippen LogP contribution in [0.25, 0.3) is 0 Å². The third-order valence-electron chi connectivity index (χ3n) is 6.01. The van der Waals surface area contributed by atoms with Crippen LogP contribution in [0.3, 0.4) is 0 Å². The van der Waals surface area contributed by atoms with E-state index in [1.807, 2.05) is 20.8 Å². The lowest BCUT2D eigenvalue weighted by Gasteiger charge is -2.39. The Balaban J connectivity index is 2.01. The van der Waals surface area contributed by atoms with E-state index in [-0.39, 0.29) is 25.1 Å². The molecule has 10 nitrogen and oxygen atoms in total. The van der Waals surface area contributed by atoms with Crippen molar-refractivity contribution >= 4 is 23.8 Å². The zero-order chi connectivity index (χ0) is 27.1. The molecule has 0 radical (unpaired) electrons. The molecular formula is C26H38N2O8. The maximum absolute atomic E-state index is 13.2. The first kappa shape index (κ1) is 29.1. The number of rotatable bonds is 10. The molecule has 2 N–H and O–H groups in total. The molecule has 1 aromatic carbocycles. The van der Waals surface area contributed by atoms with Crippen molar-refractivity contribution in [3.63, 3.8) is 0 Å². The van der Waals surface area contributed by atoms with Gasteiger partial charge in [-0.25, -0.2) is 9.59 Å². The number of benzene rings is 1. The van der Waals surface area contributed by atoms with Gasteiger partial charge in [-0.1, -0.05) is 6.92 Å². The Hall–Kier alpha value is -3.14. The Morgan fingerprint density at radius 3 is 2.14 bits per heavy atom. The molecule has 1 fully saturated rings. The van der Waals surface area contributed by atoms with Crippen LogP contribution in [0.1, 0.15) is 64.7 Å². The standard InChI is InChI=1S/C26H38N2O8/c1-7-33-21(29)16-34-19-10-8-18(9-11-19)22(30)17(2)26(6,23(27)31)35-20-12-14-28(15-13-20)24(32)36-25(3,4)5/h8-11,17,20H,7,12-16H2,1-6H3,(H2,27,31). The van der Waals surface area contributed by atoms with E-state index in [1.165, 1.54) is 6.92 Å². The largest absolute Gasteiger partial charge is 0.482 e. The Morgan fingerprint density at radius 2 is 1.64 bits per heavy atom. The molecule has 10 heteroatoms. The first-order valence-corrected chi connectivity index (χ1v) is 12.1. The SMILES string of the molecule is CCOC(=O)COc1ccc(C(=O)C(C)C(C)(OC2CCN(C(=O)OC(C)(C)C)CC2)C(N)=O)cc1. The van der Waals surface area contributed by atoms with Gasteiger partial charge in [-0.05, 0) is 71.7 Å². The molecule has 1 heterocycles. The molecular weight excluding hydrogens is 468 g/mol. The molecule has 200 valence electrons. The zero-order valence-electron chi connectivity index (χ0n) is 22.0. The summed E-state index contributed by atoms with van der Waals surface area (Å²) in [6, 6.07) is 6.24. The van der Waals surface area contributed by atoms with Crippen LogP contribution in [0, 0.1) is 5.92 Å². The third-order valence-corrected chi connectivity index (χ3v) is 6.01. The van der Waals surface area contributed by atoms with Crippen molar-refractivity contribution in [1.82, 2.24) is 4.90 Å². The number of ether oxygens (including phenoxy) is 4.